The van der Waals surface area contributed by atoms with Gasteiger partial charge in [-0.2, -0.15) is 5.26 Å². The zero-order chi connectivity index (χ0) is 15.2. The quantitative estimate of drug-likeness (QED) is 0.858. The lowest BCUT2D eigenvalue weighted by molar-refractivity contribution is -0.119. The minimum atomic E-state index is -3.53. The van der Waals surface area contributed by atoms with Gasteiger partial charge < -0.3 is 5.32 Å². The fourth-order valence-corrected chi connectivity index (χ4v) is 2.93. The van der Waals surface area contributed by atoms with Crippen molar-refractivity contribution in [3.63, 3.8) is 0 Å². The molecule has 1 atom stereocenters. The molecule has 1 rings (SSSR count). The van der Waals surface area contributed by atoms with E-state index in [0.29, 0.717) is 11.1 Å². The zero-order valence-electron chi connectivity index (χ0n) is 11.6. The Labute approximate surface area is 119 Å². The predicted molar refractivity (Wildman–Crippen MR) is 76.5 cm³/mol. The van der Waals surface area contributed by atoms with Gasteiger partial charge in [0.15, 0.2) is 9.84 Å². The minimum Gasteiger partial charge on any atom is -0.353 e. The number of sulfone groups is 1. The standard InChI is InChI=1S/C14H18N2O3S/c1-3-11(2)16-14(17)10-20(18,19)9-13-6-4-5-12(7-13)8-15/h4-7,11H,3,9-10H2,1-2H3,(H,16,17). The summed E-state index contributed by atoms with van der Waals surface area (Å²) >= 11 is 0. The fourth-order valence-electron chi connectivity index (χ4n) is 1.65. The number of nitrogens with one attached hydrogen (secondary N) is 1. The second-order valence-corrected chi connectivity index (χ2v) is 6.79. The molecule has 0 aliphatic carbocycles. The maximum absolute atomic E-state index is 11.9. The summed E-state index contributed by atoms with van der Waals surface area (Å²) in [6.07, 6.45) is 0.746. The molecule has 0 saturated carbocycles. The molecule has 0 aliphatic rings. The molecule has 0 aromatic heterocycles. The molecule has 0 bridgehead atoms. The van der Waals surface area contributed by atoms with Crippen molar-refractivity contribution >= 4 is 15.7 Å². The molecule has 20 heavy (non-hydrogen) atoms. The molecule has 1 unspecified atom stereocenters. The predicted octanol–water partition coefficient (Wildman–Crippen LogP) is 1.39. The molecular weight excluding hydrogens is 276 g/mol. The molecule has 0 saturated heterocycles. The van der Waals surface area contributed by atoms with Crippen molar-refractivity contribution in [1.29, 1.82) is 5.26 Å². The Balaban J connectivity index is 2.70. The first-order valence-electron chi connectivity index (χ1n) is 6.35. The lowest BCUT2D eigenvalue weighted by atomic mass is 10.2. The third-order valence-corrected chi connectivity index (χ3v) is 4.29. The number of hydrogen-bond acceptors (Lipinski definition) is 4. The number of carbonyl (C=O) groups is 1. The molecule has 0 radical (unpaired) electrons. The summed E-state index contributed by atoms with van der Waals surface area (Å²) in [5.41, 5.74) is 0.919. The molecule has 0 fully saturated rings. The van der Waals surface area contributed by atoms with Gasteiger partial charge in [-0.1, -0.05) is 19.1 Å². The largest absolute Gasteiger partial charge is 0.353 e. The molecule has 1 aromatic carbocycles. The van der Waals surface area contributed by atoms with E-state index in [1.165, 1.54) is 6.07 Å². The van der Waals surface area contributed by atoms with Crippen LogP contribution in [0, 0.1) is 11.3 Å². The number of rotatable bonds is 6. The van der Waals surface area contributed by atoms with Crippen molar-refractivity contribution in [3.05, 3.63) is 35.4 Å². The molecule has 6 heteroatoms. The average Bonchev–Trinajstić information content (AvgIpc) is 2.37. The van der Waals surface area contributed by atoms with Crippen molar-refractivity contribution in [2.45, 2.75) is 32.1 Å². The number of nitrogens with zero attached hydrogens (tertiary/aromatic N) is 1. The number of amides is 1. The molecule has 1 aromatic rings. The number of nitriles is 1. The van der Waals surface area contributed by atoms with Crippen molar-refractivity contribution in [2.24, 2.45) is 0 Å². The Morgan fingerprint density at radius 3 is 2.75 bits per heavy atom. The van der Waals surface area contributed by atoms with E-state index in [1.54, 1.807) is 18.2 Å². The van der Waals surface area contributed by atoms with Crippen molar-refractivity contribution in [1.82, 2.24) is 5.32 Å². The Kier molecular flexibility index (Phi) is 5.71. The van der Waals surface area contributed by atoms with Gasteiger partial charge in [0.05, 0.1) is 17.4 Å². The summed E-state index contributed by atoms with van der Waals surface area (Å²) in [6.45, 7) is 3.73. The van der Waals surface area contributed by atoms with Gasteiger partial charge in [0, 0.05) is 6.04 Å². The summed E-state index contributed by atoms with van der Waals surface area (Å²) in [6, 6.07) is 8.29. The van der Waals surface area contributed by atoms with E-state index < -0.39 is 21.5 Å². The lowest BCUT2D eigenvalue weighted by Crippen LogP contribution is -2.36. The fraction of sp³-hybridized carbons (Fsp3) is 0.429. The second-order valence-electron chi connectivity index (χ2n) is 4.72. The van der Waals surface area contributed by atoms with Crippen LogP contribution < -0.4 is 5.32 Å². The van der Waals surface area contributed by atoms with Crippen LogP contribution in [0.25, 0.3) is 0 Å². The van der Waals surface area contributed by atoms with Crippen LogP contribution in [0.4, 0.5) is 0 Å². The van der Waals surface area contributed by atoms with E-state index in [9.17, 15) is 13.2 Å². The minimum absolute atomic E-state index is 0.0420. The highest BCUT2D eigenvalue weighted by molar-refractivity contribution is 7.91. The van der Waals surface area contributed by atoms with E-state index in [-0.39, 0.29) is 11.8 Å². The van der Waals surface area contributed by atoms with Gasteiger partial charge in [-0.3, -0.25) is 4.79 Å². The van der Waals surface area contributed by atoms with E-state index in [2.05, 4.69) is 5.32 Å². The van der Waals surface area contributed by atoms with Gasteiger partial charge in [0.25, 0.3) is 0 Å². The first-order chi connectivity index (χ1) is 9.36. The Hall–Kier alpha value is -1.87. The second kappa shape index (κ2) is 7.06. The van der Waals surface area contributed by atoms with Gasteiger partial charge in [0.1, 0.15) is 5.75 Å². The monoisotopic (exact) mass is 294 g/mol. The van der Waals surface area contributed by atoms with Crippen molar-refractivity contribution in [2.75, 3.05) is 5.75 Å². The summed E-state index contributed by atoms with van der Waals surface area (Å²) in [4.78, 5) is 11.6. The molecule has 1 N–H and O–H groups in total. The highest BCUT2D eigenvalue weighted by Crippen LogP contribution is 2.09. The van der Waals surface area contributed by atoms with Crippen LogP contribution in [0.2, 0.25) is 0 Å². The zero-order valence-corrected chi connectivity index (χ0v) is 12.4. The van der Waals surface area contributed by atoms with Crippen LogP contribution >= 0.6 is 0 Å². The average molecular weight is 294 g/mol. The van der Waals surface area contributed by atoms with Crippen LogP contribution in [-0.4, -0.2) is 26.1 Å². The van der Waals surface area contributed by atoms with E-state index in [0.717, 1.165) is 6.42 Å². The summed E-state index contributed by atoms with van der Waals surface area (Å²) in [5.74, 6) is -1.26. The summed E-state index contributed by atoms with van der Waals surface area (Å²) in [5, 5.41) is 11.4. The van der Waals surface area contributed by atoms with Gasteiger partial charge in [-0.15, -0.1) is 0 Å². The third kappa shape index (κ3) is 5.41. The molecule has 0 spiro atoms. The number of hydrogen-bond donors (Lipinski definition) is 1. The molecular formula is C14H18N2O3S. The highest BCUT2D eigenvalue weighted by atomic mass is 32.2. The van der Waals surface area contributed by atoms with Gasteiger partial charge in [-0.05, 0) is 31.0 Å². The number of benzene rings is 1. The molecule has 5 nitrogen and oxygen atoms in total. The smallest absolute Gasteiger partial charge is 0.235 e. The Morgan fingerprint density at radius 2 is 2.15 bits per heavy atom. The first-order valence-corrected chi connectivity index (χ1v) is 8.17. The first kappa shape index (κ1) is 16.2. The van der Waals surface area contributed by atoms with Crippen LogP contribution in [0.5, 0.6) is 0 Å². The van der Waals surface area contributed by atoms with Crippen LogP contribution in [-0.2, 0) is 20.4 Å². The maximum Gasteiger partial charge on any atom is 0.235 e. The highest BCUT2D eigenvalue weighted by Gasteiger charge is 2.18. The summed E-state index contributed by atoms with van der Waals surface area (Å²) < 4.78 is 23.9. The molecule has 0 heterocycles. The van der Waals surface area contributed by atoms with Crippen LogP contribution in [0.1, 0.15) is 31.4 Å². The topological polar surface area (TPSA) is 87.0 Å². The third-order valence-electron chi connectivity index (χ3n) is 2.81. The van der Waals surface area contributed by atoms with Gasteiger partial charge >= 0.3 is 0 Å². The van der Waals surface area contributed by atoms with E-state index in [4.69, 9.17) is 5.26 Å². The summed E-state index contributed by atoms with van der Waals surface area (Å²) in [7, 11) is -3.53. The Bertz CT molecular complexity index is 618. The Morgan fingerprint density at radius 1 is 1.45 bits per heavy atom. The molecule has 108 valence electrons. The van der Waals surface area contributed by atoms with Crippen molar-refractivity contribution in [3.8, 4) is 6.07 Å². The van der Waals surface area contributed by atoms with E-state index in [1.807, 2.05) is 19.9 Å². The van der Waals surface area contributed by atoms with Crippen LogP contribution in [0.3, 0.4) is 0 Å². The van der Waals surface area contributed by atoms with Crippen LogP contribution in [0.15, 0.2) is 24.3 Å². The number of carbonyl (C=O) groups excluding carboxylic acids is 1. The van der Waals surface area contributed by atoms with E-state index >= 15 is 0 Å². The lowest BCUT2D eigenvalue weighted by Gasteiger charge is -2.11. The SMILES string of the molecule is CCC(C)NC(=O)CS(=O)(=O)Cc1cccc(C#N)c1. The van der Waals surface area contributed by atoms with Gasteiger partial charge in [0.2, 0.25) is 5.91 Å². The van der Waals surface area contributed by atoms with Gasteiger partial charge in [-0.25, -0.2) is 8.42 Å². The normalized spacial score (nSPS) is 12.4. The maximum atomic E-state index is 11.9. The molecule has 0 aliphatic heterocycles. The molecule has 1 amide bonds. The van der Waals surface area contributed by atoms with Crippen molar-refractivity contribution < 1.29 is 13.2 Å².